The first-order chi connectivity index (χ1) is 17.0. The van der Waals surface area contributed by atoms with E-state index in [9.17, 15) is 13.6 Å². The zero-order valence-electron chi connectivity index (χ0n) is 18.9. The molecule has 3 heterocycles. The van der Waals surface area contributed by atoms with E-state index >= 15 is 0 Å². The lowest BCUT2D eigenvalue weighted by molar-refractivity contribution is -0.122. The van der Waals surface area contributed by atoms with Crippen LogP contribution in [0.1, 0.15) is 5.56 Å². The van der Waals surface area contributed by atoms with E-state index in [1.54, 1.807) is 6.07 Å². The summed E-state index contributed by atoms with van der Waals surface area (Å²) in [6, 6.07) is 9.34. The minimum atomic E-state index is -1.13. The number of carbonyl (C=O) groups excluding carboxylic acids is 1. The first-order valence-electron chi connectivity index (χ1n) is 11.0. The number of carbonyl (C=O) groups is 1. The molecule has 1 fully saturated rings. The highest BCUT2D eigenvalue weighted by Gasteiger charge is 2.31. The molecule has 1 aromatic heterocycles. The van der Waals surface area contributed by atoms with E-state index in [1.807, 2.05) is 23.9 Å². The fourth-order valence-corrected chi connectivity index (χ4v) is 4.99. The van der Waals surface area contributed by atoms with E-state index in [0.717, 1.165) is 42.4 Å². The Morgan fingerprint density at radius 2 is 2.09 bits per heavy atom. The van der Waals surface area contributed by atoms with Crippen LogP contribution in [-0.2, 0) is 11.3 Å². The lowest BCUT2D eigenvalue weighted by Gasteiger charge is -2.31. The highest BCUT2D eigenvalue weighted by atomic mass is 32.2. The van der Waals surface area contributed by atoms with Crippen molar-refractivity contribution < 1.29 is 23.0 Å². The van der Waals surface area contributed by atoms with Gasteiger partial charge in [0.15, 0.2) is 11.6 Å². The average molecular weight is 500 g/mol. The number of rotatable bonds is 6. The number of hydrogen-bond donors (Lipinski definition) is 2. The van der Waals surface area contributed by atoms with Crippen LogP contribution >= 0.6 is 11.8 Å². The number of anilines is 2. The van der Waals surface area contributed by atoms with Gasteiger partial charge in [-0.2, -0.15) is 11.8 Å². The third-order valence-electron chi connectivity index (χ3n) is 5.75. The lowest BCUT2D eigenvalue weighted by atomic mass is 10.1. The molecule has 35 heavy (non-hydrogen) atoms. The predicted molar refractivity (Wildman–Crippen MR) is 130 cm³/mol. The summed E-state index contributed by atoms with van der Waals surface area (Å²) in [5.74, 6) is 1.16. The highest BCUT2D eigenvalue weighted by molar-refractivity contribution is 7.99. The summed E-state index contributed by atoms with van der Waals surface area (Å²) < 4.78 is 39.4. The second kappa shape index (κ2) is 10.0. The smallest absolute Gasteiger partial charge is 0.287 e. The zero-order chi connectivity index (χ0) is 24.4. The first kappa shape index (κ1) is 23.3. The summed E-state index contributed by atoms with van der Waals surface area (Å²) in [4.78, 5) is 23.2. The molecule has 2 aliphatic rings. The summed E-state index contributed by atoms with van der Waals surface area (Å²) in [6.45, 7) is 2.68. The number of ether oxygens (including phenoxy) is 2. The average Bonchev–Trinajstić information content (AvgIpc) is 2.86. The van der Waals surface area contributed by atoms with Crippen molar-refractivity contribution >= 4 is 29.3 Å². The number of para-hydroxylation sites is 1. The maximum absolute atomic E-state index is 14.6. The Hall–Kier alpha value is -3.44. The number of nitrogens with zero attached hydrogens (tertiary/aromatic N) is 3. The van der Waals surface area contributed by atoms with E-state index in [4.69, 9.17) is 9.47 Å². The standard InChI is InChI=1S/C24H23F2N5O3S/c1-33-19-11-15(25)5-6-16(19)20-17(26)12-27-24(29-20)30-23-22(32)28-18-4-2-3-14(21(18)34-23)13-31-7-9-35-10-8-31/h2-6,11-12,23H,7-10,13H2,1H3,(H,28,32)(H,27,29,30). The molecule has 5 rings (SSSR count). The van der Waals surface area contributed by atoms with E-state index in [1.165, 1.54) is 19.2 Å². The van der Waals surface area contributed by atoms with E-state index in [-0.39, 0.29) is 23.0 Å². The largest absolute Gasteiger partial charge is 0.496 e. The topological polar surface area (TPSA) is 88.6 Å². The van der Waals surface area contributed by atoms with Crippen molar-refractivity contribution in [2.24, 2.45) is 0 Å². The van der Waals surface area contributed by atoms with Crippen LogP contribution in [0.2, 0.25) is 0 Å². The van der Waals surface area contributed by atoms with Gasteiger partial charge in [0.2, 0.25) is 5.95 Å². The quantitative estimate of drug-likeness (QED) is 0.530. The number of halogens is 2. The molecule has 182 valence electrons. The van der Waals surface area contributed by atoms with Gasteiger partial charge in [0.25, 0.3) is 12.1 Å². The number of fused-ring (bicyclic) bond motifs is 1. The van der Waals surface area contributed by atoms with Crippen LogP contribution in [-0.4, -0.2) is 58.7 Å². The maximum Gasteiger partial charge on any atom is 0.287 e. The highest BCUT2D eigenvalue weighted by Crippen LogP contribution is 2.35. The van der Waals surface area contributed by atoms with E-state index in [0.29, 0.717) is 18.0 Å². The molecule has 0 bridgehead atoms. The van der Waals surface area contributed by atoms with Crippen molar-refractivity contribution in [3.05, 3.63) is 59.8 Å². The summed E-state index contributed by atoms with van der Waals surface area (Å²) in [6.07, 6.45) is -0.156. The molecule has 0 saturated carbocycles. The van der Waals surface area contributed by atoms with Crippen molar-refractivity contribution in [2.75, 3.05) is 42.3 Å². The Bertz CT molecular complexity index is 1260. The molecular formula is C24H23F2N5O3S. The Morgan fingerprint density at radius 3 is 2.89 bits per heavy atom. The minimum absolute atomic E-state index is 0.0260. The fourth-order valence-electron chi connectivity index (χ4n) is 4.02. The van der Waals surface area contributed by atoms with Crippen molar-refractivity contribution in [3.63, 3.8) is 0 Å². The second-order valence-corrected chi connectivity index (χ2v) is 9.27. The number of aromatic nitrogens is 2. The van der Waals surface area contributed by atoms with Crippen molar-refractivity contribution in [1.82, 2.24) is 14.9 Å². The molecule has 2 aliphatic heterocycles. The summed E-state index contributed by atoms with van der Waals surface area (Å²) >= 11 is 1.94. The van der Waals surface area contributed by atoms with Crippen LogP contribution in [0.4, 0.5) is 20.4 Å². The summed E-state index contributed by atoms with van der Waals surface area (Å²) in [7, 11) is 1.36. The molecular weight excluding hydrogens is 476 g/mol. The third kappa shape index (κ3) is 5.01. The SMILES string of the molecule is COc1cc(F)ccc1-c1nc(NC2Oc3c(CN4CCSCC4)cccc3NC2=O)ncc1F. The van der Waals surface area contributed by atoms with Crippen LogP contribution in [0, 0.1) is 11.6 Å². The molecule has 1 saturated heterocycles. The fraction of sp³-hybridized carbons (Fsp3) is 0.292. The normalized spacial score (nSPS) is 17.8. The molecule has 1 amide bonds. The molecule has 8 nitrogen and oxygen atoms in total. The summed E-state index contributed by atoms with van der Waals surface area (Å²) in [5.41, 5.74) is 1.70. The van der Waals surface area contributed by atoms with Crippen molar-refractivity contribution in [2.45, 2.75) is 12.8 Å². The van der Waals surface area contributed by atoms with Crippen LogP contribution in [0.25, 0.3) is 11.3 Å². The Morgan fingerprint density at radius 1 is 1.26 bits per heavy atom. The van der Waals surface area contributed by atoms with Crippen LogP contribution in [0.3, 0.4) is 0 Å². The van der Waals surface area contributed by atoms with Crippen LogP contribution < -0.4 is 20.1 Å². The van der Waals surface area contributed by atoms with Crippen molar-refractivity contribution in [1.29, 1.82) is 0 Å². The molecule has 0 spiro atoms. The molecule has 3 aromatic rings. The van der Waals surface area contributed by atoms with Gasteiger partial charge in [0.1, 0.15) is 17.3 Å². The second-order valence-electron chi connectivity index (χ2n) is 8.05. The summed E-state index contributed by atoms with van der Waals surface area (Å²) in [5, 5.41) is 5.68. The van der Waals surface area contributed by atoms with Gasteiger partial charge in [-0.1, -0.05) is 12.1 Å². The van der Waals surface area contributed by atoms with Crippen LogP contribution in [0.15, 0.2) is 42.6 Å². The number of hydrogen-bond acceptors (Lipinski definition) is 8. The van der Waals surface area contributed by atoms with Crippen molar-refractivity contribution in [3.8, 4) is 22.8 Å². The molecule has 11 heteroatoms. The Balaban J connectivity index is 1.39. The zero-order valence-corrected chi connectivity index (χ0v) is 19.7. The van der Waals surface area contributed by atoms with Gasteiger partial charge in [-0.25, -0.2) is 18.7 Å². The Kier molecular flexibility index (Phi) is 6.69. The molecule has 0 aliphatic carbocycles. The number of benzene rings is 2. The Labute approximate surface area is 205 Å². The van der Waals surface area contributed by atoms with Gasteiger partial charge >= 0.3 is 0 Å². The molecule has 1 atom stereocenters. The van der Waals surface area contributed by atoms with Gasteiger partial charge in [-0.3, -0.25) is 9.69 Å². The predicted octanol–water partition coefficient (Wildman–Crippen LogP) is 3.75. The van der Waals surface area contributed by atoms with Crippen LogP contribution in [0.5, 0.6) is 11.5 Å². The van der Waals surface area contributed by atoms with E-state index < -0.39 is 23.8 Å². The number of methoxy groups -OCH3 is 1. The van der Waals surface area contributed by atoms with Gasteiger partial charge in [-0.05, 0) is 18.2 Å². The van der Waals surface area contributed by atoms with Gasteiger partial charge in [0.05, 0.1) is 19.0 Å². The molecule has 2 aromatic carbocycles. The monoisotopic (exact) mass is 499 g/mol. The molecule has 0 radical (unpaired) electrons. The number of thioether (sulfide) groups is 1. The van der Waals surface area contributed by atoms with E-state index in [2.05, 4.69) is 25.5 Å². The first-order valence-corrected chi connectivity index (χ1v) is 12.2. The number of amides is 1. The minimum Gasteiger partial charge on any atom is -0.496 e. The van der Waals surface area contributed by atoms with Gasteiger partial charge < -0.3 is 20.1 Å². The van der Waals surface area contributed by atoms with Gasteiger partial charge in [-0.15, -0.1) is 0 Å². The third-order valence-corrected chi connectivity index (χ3v) is 6.69. The molecule has 2 N–H and O–H groups in total. The maximum atomic E-state index is 14.6. The lowest BCUT2D eigenvalue weighted by Crippen LogP contribution is -2.43. The number of nitrogens with one attached hydrogen (secondary N) is 2. The van der Waals surface area contributed by atoms with Gasteiger partial charge in [0, 0.05) is 48.3 Å². The molecule has 1 unspecified atom stereocenters.